The minimum Gasteiger partial charge on any atom is -0.457 e. The Morgan fingerprint density at radius 3 is 2.68 bits per heavy atom. The van der Waals surface area contributed by atoms with E-state index in [9.17, 15) is 10.1 Å². The summed E-state index contributed by atoms with van der Waals surface area (Å²) < 4.78 is 5.60. The van der Waals surface area contributed by atoms with Gasteiger partial charge in [-0.05, 0) is 18.2 Å². The molecule has 0 fully saturated rings. The second-order valence-corrected chi connectivity index (χ2v) is 4.45. The topological polar surface area (TPSA) is 52.4 Å². The van der Waals surface area contributed by atoms with Crippen molar-refractivity contribution in [3.8, 4) is 11.5 Å². The minimum atomic E-state index is -0.479. The first-order chi connectivity index (χ1) is 9.10. The normalized spacial score (nSPS) is 10.2. The van der Waals surface area contributed by atoms with Crippen molar-refractivity contribution in [2.75, 3.05) is 0 Å². The van der Waals surface area contributed by atoms with Crippen molar-refractivity contribution in [1.82, 2.24) is 0 Å². The number of hydrogen-bond acceptors (Lipinski definition) is 3. The van der Waals surface area contributed by atoms with Crippen LogP contribution in [0.25, 0.3) is 0 Å². The van der Waals surface area contributed by atoms with Gasteiger partial charge in [-0.3, -0.25) is 10.1 Å². The number of benzene rings is 2. The van der Waals surface area contributed by atoms with Gasteiger partial charge in [0.25, 0.3) is 5.69 Å². The maximum absolute atomic E-state index is 10.7. The SMILES string of the molecule is O=[N+]([O-])c1cccc(Oc2cc(Cl)ccc2CCl)c1. The molecule has 2 aromatic carbocycles. The largest absolute Gasteiger partial charge is 0.457 e. The van der Waals surface area contributed by atoms with Gasteiger partial charge in [0.05, 0.1) is 16.9 Å². The molecule has 98 valence electrons. The number of nitrogens with zero attached hydrogens (tertiary/aromatic N) is 1. The summed E-state index contributed by atoms with van der Waals surface area (Å²) in [6.07, 6.45) is 0. The highest BCUT2D eigenvalue weighted by atomic mass is 35.5. The van der Waals surface area contributed by atoms with Gasteiger partial charge in [0.2, 0.25) is 0 Å². The molecule has 4 nitrogen and oxygen atoms in total. The number of halogens is 2. The Bertz CT molecular complexity index is 617. The monoisotopic (exact) mass is 297 g/mol. The molecule has 2 rings (SSSR count). The molecule has 0 unspecified atom stereocenters. The van der Waals surface area contributed by atoms with Crippen molar-refractivity contribution in [3.05, 3.63) is 63.2 Å². The number of hydrogen-bond donors (Lipinski definition) is 0. The summed E-state index contributed by atoms with van der Waals surface area (Å²) in [6, 6.07) is 11.0. The van der Waals surface area contributed by atoms with Gasteiger partial charge < -0.3 is 4.74 Å². The van der Waals surface area contributed by atoms with E-state index in [0.717, 1.165) is 5.56 Å². The molecule has 0 saturated heterocycles. The molecule has 0 N–H and O–H groups in total. The third-order valence-electron chi connectivity index (χ3n) is 2.43. The van der Waals surface area contributed by atoms with Gasteiger partial charge in [-0.15, -0.1) is 11.6 Å². The van der Waals surface area contributed by atoms with Crippen molar-refractivity contribution in [2.45, 2.75) is 5.88 Å². The van der Waals surface area contributed by atoms with E-state index in [1.807, 2.05) is 0 Å². The van der Waals surface area contributed by atoms with Crippen LogP contribution in [-0.4, -0.2) is 4.92 Å². The number of nitro benzene ring substituents is 1. The van der Waals surface area contributed by atoms with Gasteiger partial charge in [0.1, 0.15) is 11.5 Å². The van der Waals surface area contributed by atoms with Gasteiger partial charge in [0, 0.05) is 16.7 Å². The van der Waals surface area contributed by atoms with Gasteiger partial charge in [-0.25, -0.2) is 0 Å². The second-order valence-electron chi connectivity index (χ2n) is 3.74. The van der Waals surface area contributed by atoms with E-state index < -0.39 is 4.92 Å². The Morgan fingerprint density at radius 1 is 1.21 bits per heavy atom. The highest BCUT2D eigenvalue weighted by Gasteiger charge is 2.09. The lowest BCUT2D eigenvalue weighted by atomic mass is 10.2. The fourth-order valence-electron chi connectivity index (χ4n) is 1.52. The molecule has 0 spiro atoms. The van der Waals surface area contributed by atoms with Crippen molar-refractivity contribution in [3.63, 3.8) is 0 Å². The first kappa shape index (κ1) is 13.6. The molecule has 0 heterocycles. The molecule has 2 aromatic rings. The molecule has 0 radical (unpaired) electrons. The third-order valence-corrected chi connectivity index (χ3v) is 2.95. The van der Waals surface area contributed by atoms with Gasteiger partial charge >= 0.3 is 0 Å². The third kappa shape index (κ3) is 3.36. The average Bonchev–Trinajstić information content (AvgIpc) is 2.39. The summed E-state index contributed by atoms with van der Waals surface area (Å²) in [5.74, 6) is 1.12. The molecular weight excluding hydrogens is 289 g/mol. The maximum Gasteiger partial charge on any atom is 0.273 e. The van der Waals surface area contributed by atoms with Crippen LogP contribution in [0.1, 0.15) is 5.56 Å². The Hall–Kier alpha value is -1.78. The number of alkyl halides is 1. The van der Waals surface area contributed by atoms with E-state index in [2.05, 4.69) is 0 Å². The van der Waals surface area contributed by atoms with E-state index >= 15 is 0 Å². The van der Waals surface area contributed by atoms with Crippen LogP contribution in [0.4, 0.5) is 5.69 Å². The molecule has 0 saturated carbocycles. The van der Waals surface area contributed by atoms with Gasteiger partial charge in [-0.1, -0.05) is 23.7 Å². The lowest BCUT2D eigenvalue weighted by molar-refractivity contribution is -0.384. The van der Waals surface area contributed by atoms with E-state index in [1.165, 1.54) is 12.1 Å². The predicted octanol–water partition coefficient (Wildman–Crippen LogP) is 4.78. The predicted molar refractivity (Wildman–Crippen MR) is 74.2 cm³/mol. The first-order valence-electron chi connectivity index (χ1n) is 5.37. The molecule has 0 aliphatic rings. The summed E-state index contributed by atoms with van der Waals surface area (Å²) in [7, 11) is 0. The Labute approximate surface area is 119 Å². The van der Waals surface area contributed by atoms with Gasteiger partial charge in [-0.2, -0.15) is 0 Å². The summed E-state index contributed by atoms with van der Waals surface area (Å²) in [6.45, 7) is 0. The van der Waals surface area contributed by atoms with Crippen LogP contribution in [-0.2, 0) is 5.88 Å². The zero-order valence-corrected chi connectivity index (χ0v) is 11.2. The average molecular weight is 298 g/mol. The fraction of sp³-hybridized carbons (Fsp3) is 0.0769. The Morgan fingerprint density at radius 2 is 2.00 bits per heavy atom. The number of rotatable bonds is 4. The van der Waals surface area contributed by atoms with Crippen LogP contribution in [0.15, 0.2) is 42.5 Å². The highest BCUT2D eigenvalue weighted by Crippen LogP contribution is 2.30. The summed E-state index contributed by atoms with van der Waals surface area (Å²) in [5, 5.41) is 11.2. The maximum atomic E-state index is 10.7. The standard InChI is InChI=1S/C13H9Cl2NO3/c14-8-9-4-5-10(15)6-13(9)19-12-3-1-2-11(7-12)16(17)18/h1-7H,8H2. The molecule has 6 heteroatoms. The summed E-state index contributed by atoms with van der Waals surface area (Å²) in [5.41, 5.74) is 0.726. The van der Waals surface area contributed by atoms with Crippen LogP contribution in [0.3, 0.4) is 0 Å². The van der Waals surface area contributed by atoms with Crippen LogP contribution < -0.4 is 4.74 Å². The quantitative estimate of drug-likeness (QED) is 0.463. The minimum absolute atomic E-state index is 0.0352. The fourth-order valence-corrected chi connectivity index (χ4v) is 1.90. The van der Waals surface area contributed by atoms with E-state index in [-0.39, 0.29) is 11.6 Å². The zero-order chi connectivity index (χ0) is 13.8. The van der Waals surface area contributed by atoms with E-state index in [1.54, 1.807) is 30.3 Å². The van der Waals surface area contributed by atoms with E-state index in [4.69, 9.17) is 27.9 Å². The van der Waals surface area contributed by atoms with Crippen molar-refractivity contribution >= 4 is 28.9 Å². The smallest absolute Gasteiger partial charge is 0.273 e. The lowest BCUT2D eigenvalue weighted by Crippen LogP contribution is -1.92. The van der Waals surface area contributed by atoms with Crippen LogP contribution in [0.2, 0.25) is 5.02 Å². The Kier molecular flexibility index (Phi) is 4.24. The molecule has 0 bridgehead atoms. The highest BCUT2D eigenvalue weighted by molar-refractivity contribution is 6.30. The first-order valence-corrected chi connectivity index (χ1v) is 6.28. The molecule has 0 aliphatic heterocycles. The number of nitro groups is 1. The molecular formula is C13H9Cl2NO3. The zero-order valence-electron chi connectivity index (χ0n) is 9.68. The molecule has 19 heavy (non-hydrogen) atoms. The van der Waals surface area contributed by atoms with E-state index in [0.29, 0.717) is 16.5 Å². The number of ether oxygens (including phenoxy) is 1. The summed E-state index contributed by atoms with van der Waals surface area (Å²) in [4.78, 5) is 10.2. The van der Waals surface area contributed by atoms with Crippen LogP contribution in [0.5, 0.6) is 11.5 Å². The number of non-ortho nitro benzene ring substituents is 1. The lowest BCUT2D eigenvalue weighted by Gasteiger charge is -2.09. The Balaban J connectivity index is 2.33. The van der Waals surface area contributed by atoms with Crippen LogP contribution >= 0.6 is 23.2 Å². The molecule has 0 atom stereocenters. The van der Waals surface area contributed by atoms with Crippen LogP contribution in [0, 0.1) is 10.1 Å². The molecule has 0 amide bonds. The van der Waals surface area contributed by atoms with Crippen molar-refractivity contribution in [1.29, 1.82) is 0 Å². The molecule has 0 aromatic heterocycles. The van der Waals surface area contributed by atoms with Crippen molar-refractivity contribution < 1.29 is 9.66 Å². The summed E-state index contributed by atoms with van der Waals surface area (Å²) >= 11 is 11.7. The molecule has 0 aliphatic carbocycles. The van der Waals surface area contributed by atoms with Gasteiger partial charge in [0.15, 0.2) is 0 Å². The van der Waals surface area contributed by atoms with Crippen molar-refractivity contribution in [2.24, 2.45) is 0 Å². The second kappa shape index (κ2) is 5.91.